The zero-order valence-corrected chi connectivity index (χ0v) is 9.44. The molecule has 0 aromatic carbocycles. The van der Waals surface area contributed by atoms with E-state index in [-0.39, 0.29) is 11.9 Å². The standard InChI is InChI=1S/C9H16N4O2/c1-6-8(12-15-11-6)5-10-7(2)9(14)13(3)4/h7,10H,5H2,1-4H3. The van der Waals surface area contributed by atoms with E-state index < -0.39 is 0 Å². The molecule has 0 spiro atoms. The normalized spacial score (nSPS) is 12.5. The molecular weight excluding hydrogens is 196 g/mol. The van der Waals surface area contributed by atoms with Crippen LogP contribution in [-0.2, 0) is 11.3 Å². The van der Waals surface area contributed by atoms with Gasteiger partial charge in [-0.2, -0.15) is 0 Å². The third kappa shape index (κ3) is 3.02. The van der Waals surface area contributed by atoms with Gasteiger partial charge in [0, 0.05) is 20.6 Å². The van der Waals surface area contributed by atoms with Crippen LogP contribution in [0.25, 0.3) is 0 Å². The summed E-state index contributed by atoms with van der Waals surface area (Å²) in [6.07, 6.45) is 0. The fraction of sp³-hybridized carbons (Fsp3) is 0.667. The van der Waals surface area contributed by atoms with Gasteiger partial charge >= 0.3 is 0 Å². The van der Waals surface area contributed by atoms with E-state index in [0.717, 1.165) is 11.4 Å². The minimum Gasteiger partial charge on any atom is -0.347 e. The first kappa shape index (κ1) is 11.6. The Morgan fingerprint density at radius 1 is 1.53 bits per heavy atom. The van der Waals surface area contributed by atoms with Crippen LogP contribution in [0.3, 0.4) is 0 Å². The molecule has 0 bridgehead atoms. The Balaban J connectivity index is 2.44. The quantitative estimate of drug-likeness (QED) is 0.757. The molecule has 6 heteroatoms. The lowest BCUT2D eigenvalue weighted by Gasteiger charge is -2.17. The first-order valence-electron chi connectivity index (χ1n) is 4.75. The van der Waals surface area contributed by atoms with Crippen molar-refractivity contribution in [1.29, 1.82) is 0 Å². The summed E-state index contributed by atoms with van der Waals surface area (Å²) in [6, 6.07) is -0.240. The summed E-state index contributed by atoms with van der Waals surface area (Å²) >= 11 is 0. The molecule has 0 radical (unpaired) electrons. The third-order valence-corrected chi connectivity index (χ3v) is 2.13. The fourth-order valence-corrected chi connectivity index (χ4v) is 1.13. The van der Waals surface area contributed by atoms with E-state index in [0.29, 0.717) is 6.54 Å². The number of nitrogens with one attached hydrogen (secondary N) is 1. The summed E-state index contributed by atoms with van der Waals surface area (Å²) in [6.45, 7) is 4.10. The van der Waals surface area contributed by atoms with Crippen LogP contribution in [0, 0.1) is 6.92 Å². The molecule has 6 nitrogen and oxygen atoms in total. The summed E-state index contributed by atoms with van der Waals surface area (Å²) < 4.78 is 4.55. The largest absolute Gasteiger partial charge is 0.347 e. The van der Waals surface area contributed by atoms with E-state index in [4.69, 9.17) is 0 Å². The third-order valence-electron chi connectivity index (χ3n) is 2.13. The molecule has 84 valence electrons. The van der Waals surface area contributed by atoms with Gasteiger partial charge in [-0.15, -0.1) is 0 Å². The van der Waals surface area contributed by atoms with Crippen molar-refractivity contribution in [3.05, 3.63) is 11.4 Å². The topological polar surface area (TPSA) is 71.3 Å². The van der Waals surface area contributed by atoms with E-state index in [2.05, 4.69) is 20.3 Å². The van der Waals surface area contributed by atoms with E-state index in [1.54, 1.807) is 19.0 Å². The molecule has 0 aliphatic rings. The molecule has 0 saturated carbocycles. The molecule has 1 atom stereocenters. The Labute approximate surface area is 88.6 Å². The minimum absolute atomic E-state index is 0.0316. The van der Waals surface area contributed by atoms with Gasteiger partial charge in [0.25, 0.3) is 0 Å². The lowest BCUT2D eigenvalue weighted by molar-refractivity contribution is -0.130. The number of aryl methyl sites for hydroxylation is 1. The number of amides is 1. The first-order valence-corrected chi connectivity index (χ1v) is 4.75. The second-order valence-corrected chi connectivity index (χ2v) is 3.63. The number of rotatable bonds is 4. The van der Waals surface area contributed by atoms with Crippen LogP contribution in [0.2, 0.25) is 0 Å². The molecule has 0 aliphatic carbocycles. The Hall–Kier alpha value is -1.43. The predicted molar refractivity (Wildman–Crippen MR) is 54.0 cm³/mol. The highest BCUT2D eigenvalue weighted by Gasteiger charge is 2.15. The molecule has 1 heterocycles. The van der Waals surface area contributed by atoms with Gasteiger partial charge in [-0.05, 0) is 13.8 Å². The number of aromatic nitrogens is 2. The summed E-state index contributed by atoms with van der Waals surface area (Å²) in [5, 5.41) is 10.4. The number of likely N-dealkylation sites (N-methyl/N-ethyl adjacent to an activating group) is 1. The number of nitrogens with zero attached hydrogens (tertiary/aromatic N) is 3. The van der Waals surface area contributed by atoms with Gasteiger partial charge in [0.15, 0.2) is 0 Å². The van der Waals surface area contributed by atoms with Crippen LogP contribution in [0.4, 0.5) is 0 Å². The predicted octanol–water partition coefficient (Wildman–Crippen LogP) is -0.0557. The van der Waals surface area contributed by atoms with Crippen molar-refractivity contribution in [3.63, 3.8) is 0 Å². The zero-order chi connectivity index (χ0) is 11.4. The van der Waals surface area contributed by atoms with Gasteiger partial charge in [0.2, 0.25) is 5.91 Å². The molecule has 0 aliphatic heterocycles. The van der Waals surface area contributed by atoms with Crippen molar-refractivity contribution in [2.75, 3.05) is 14.1 Å². The molecule has 1 rings (SSSR count). The number of hydrogen-bond donors (Lipinski definition) is 1. The second-order valence-electron chi connectivity index (χ2n) is 3.63. The number of carbonyl (C=O) groups is 1. The molecule has 0 saturated heterocycles. The molecular formula is C9H16N4O2. The van der Waals surface area contributed by atoms with Crippen molar-refractivity contribution in [2.24, 2.45) is 0 Å². The number of hydrogen-bond acceptors (Lipinski definition) is 5. The minimum atomic E-state index is -0.240. The average Bonchev–Trinajstić information content (AvgIpc) is 2.59. The van der Waals surface area contributed by atoms with Crippen molar-refractivity contribution in [3.8, 4) is 0 Å². The Morgan fingerprint density at radius 2 is 2.20 bits per heavy atom. The highest BCUT2D eigenvalue weighted by Crippen LogP contribution is 2.00. The van der Waals surface area contributed by atoms with Crippen LogP contribution in [-0.4, -0.2) is 41.3 Å². The molecule has 1 aromatic rings. The van der Waals surface area contributed by atoms with E-state index in [1.807, 2.05) is 13.8 Å². The highest BCUT2D eigenvalue weighted by molar-refractivity contribution is 5.80. The van der Waals surface area contributed by atoms with Crippen LogP contribution in [0.1, 0.15) is 18.3 Å². The van der Waals surface area contributed by atoms with Gasteiger partial charge in [0.05, 0.1) is 6.04 Å². The molecule has 15 heavy (non-hydrogen) atoms. The maximum absolute atomic E-state index is 11.5. The maximum Gasteiger partial charge on any atom is 0.238 e. The van der Waals surface area contributed by atoms with Crippen molar-refractivity contribution in [1.82, 2.24) is 20.5 Å². The number of carbonyl (C=O) groups excluding carboxylic acids is 1. The summed E-state index contributed by atoms with van der Waals surface area (Å²) in [7, 11) is 3.45. The molecule has 1 aromatic heterocycles. The van der Waals surface area contributed by atoms with Crippen LogP contribution < -0.4 is 5.32 Å². The second kappa shape index (κ2) is 4.88. The summed E-state index contributed by atoms with van der Waals surface area (Å²) in [4.78, 5) is 13.0. The van der Waals surface area contributed by atoms with Crippen LogP contribution in [0.15, 0.2) is 4.63 Å². The van der Waals surface area contributed by atoms with Crippen molar-refractivity contribution in [2.45, 2.75) is 26.4 Å². The van der Waals surface area contributed by atoms with Gasteiger partial charge in [0.1, 0.15) is 11.4 Å². The lowest BCUT2D eigenvalue weighted by Crippen LogP contribution is -2.41. The Kier molecular flexibility index (Phi) is 3.79. The van der Waals surface area contributed by atoms with E-state index >= 15 is 0 Å². The Morgan fingerprint density at radius 3 is 2.67 bits per heavy atom. The van der Waals surface area contributed by atoms with Gasteiger partial charge < -0.3 is 10.2 Å². The zero-order valence-electron chi connectivity index (χ0n) is 9.44. The molecule has 1 amide bonds. The van der Waals surface area contributed by atoms with Crippen LogP contribution >= 0.6 is 0 Å². The lowest BCUT2D eigenvalue weighted by atomic mass is 10.2. The average molecular weight is 212 g/mol. The Bertz CT molecular complexity index is 335. The first-order chi connectivity index (χ1) is 7.02. The molecule has 1 N–H and O–H groups in total. The smallest absolute Gasteiger partial charge is 0.238 e. The van der Waals surface area contributed by atoms with E-state index in [1.165, 1.54) is 0 Å². The highest BCUT2D eigenvalue weighted by atomic mass is 16.6. The van der Waals surface area contributed by atoms with E-state index in [9.17, 15) is 4.79 Å². The van der Waals surface area contributed by atoms with Gasteiger partial charge in [-0.25, -0.2) is 4.63 Å². The maximum atomic E-state index is 11.5. The van der Waals surface area contributed by atoms with Crippen molar-refractivity contribution >= 4 is 5.91 Å². The fourth-order valence-electron chi connectivity index (χ4n) is 1.13. The van der Waals surface area contributed by atoms with Crippen molar-refractivity contribution < 1.29 is 9.42 Å². The van der Waals surface area contributed by atoms with Gasteiger partial charge in [-0.3, -0.25) is 4.79 Å². The van der Waals surface area contributed by atoms with Crippen LogP contribution in [0.5, 0.6) is 0 Å². The SMILES string of the molecule is Cc1nonc1CNC(C)C(=O)N(C)C. The molecule has 0 fully saturated rings. The van der Waals surface area contributed by atoms with Gasteiger partial charge in [-0.1, -0.05) is 10.3 Å². The molecule has 1 unspecified atom stereocenters. The summed E-state index contributed by atoms with van der Waals surface area (Å²) in [5.41, 5.74) is 1.47. The monoisotopic (exact) mass is 212 g/mol. The summed E-state index contributed by atoms with van der Waals surface area (Å²) in [5.74, 6) is 0.0316.